The standard InChI is InChI=1S/C18H18ClN3O4/c1-11-3-8-14(26-11)18(2)16(24)22(17(25)21-18)10-15(23)20-9-12-4-6-13(19)7-5-12/h3-8H,9-10H2,1-2H3,(H,20,23)(H,21,25)/t18-/m0/s1. The number of benzene rings is 1. The molecule has 8 heteroatoms. The number of nitrogens with one attached hydrogen (secondary N) is 2. The van der Waals surface area contributed by atoms with Crippen LogP contribution in [0.2, 0.25) is 5.02 Å². The van der Waals surface area contributed by atoms with E-state index < -0.39 is 23.4 Å². The Morgan fingerprint density at radius 3 is 2.54 bits per heavy atom. The van der Waals surface area contributed by atoms with E-state index in [-0.39, 0.29) is 13.1 Å². The third-order valence-corrected chi connectivity index (χ3v) is 4.46. The normalized spacial score (nSPS) is 19.6. The van der Waals surface area contributed by atoms with Gasteiger partial charge in [0.1, 0.15) is 18.1 Å². The van der Waals surface area contributed by atoms with Crippen LogP contribution >= 0.6 is 11.6 Å². The van der Waals surface area contributed by atoms with Gasteiger partial charge in [0.05, 0.1) is 0 Å². The van der Waals surface area contributed by atoms with Crippen molar-refractivity contribution in [1.82, 2.24) is 15.5 Å². The number of carbonyl (C=O) groups excluding carboxylic acids is 3. The van der Waals surface area contributed by atoms with Crippen molar-refractivity contribution in [3.63, 3.8) is 0 Å². The van der Waals surface area contributed by atoms with Gasteiger partial charge in [-0.05, 0) is 43.7 Å². The van der Waals surface area contributed by atoms with Gasteiger partial charge < -0.3 is 15.1 Å². The second-order valence-corrected chi connectivity index (χ2v) is 6.70. The summed E-state index contributed by atoms with van der Waals surface area (Å²) in [6.45, 7) is 3.20. The van der Waals surface area contributed by atoms with Crippen LogP contribution in [0.1, 0.15) is 24.0 Å². The molecule has 1 aromatic carbocycles. The predicted molar refractivity (Wildman–Crippen MR) is 94.3 cm³/mol. The molecule has 1 atom stereocenters. The lowest BCUT2D eigenvalue weighted by Gasteiger charge is -2.19. The van der Waals surface area contributed by atoms with Gasteiger partial charge in [0.2, 0.25) is 5.91 Å². The fourth-order valence-corrected chi connectivity index (χ4v) is 2.84. The molecule has 0 radical (unpaired) electrons. The molecule has 1 aromatic heterocycles. The maximum absolute atomic E-state index is 12.7. The van der Waals surface area contributed by atoms with Crippen LogP contribution in [-0.4, -0.2) is 29.3 Å². The van der Waals surface area contributed by atoms with Crippen LogP contribution in [0.5, 0.6) is 0 Å². The van der Waals surface area contributed by atoms with Crippen LogP contribution in [0, 0.1) is 6.92 Å². The Morgan fingerprint density at radius 1 is 1.23 bits per heavy atom. The largest absolute Gasteiger partial charge is 0.463 e. The number of hydrogen-bond acceptors (Lipinski definition) is 4. The molecule has 1 aliphatic rings. The van der Waals surface area contributed by atoms with Gasteiger partial charge in [-0.3, -0.25) is 14.5 Å². The second kappa shape index (κ2) is 6.84. The predicted octanol–water partition coefficient (Wildman–Crippen LogP) is 2.32. The molecule has 1 fully saturated rings. The van der Waals surface area contributed by atoms with E-state index in [0.717, 1.165) is 10.5 Å². The van der Waals surface area contributed by atoms with Crippen LogP contribution in [0.4, 0.5) is 4.79 Å². The quantitative estimate of drug-likeness (QED) is 0.784. The van der Waals surface area contributed by atoms with Crippen LogP contribution in [0.15, 0.2) is 40.8 Å². The smallest absolute Gasteiger partial charge is 0.325 e. The van der Waals surface area contributed by atoms with E-state index in [0.29, 0.717) is 16.5 Å². The molecule has 2 heterocycles. The number of urea groups is 1. The Bertz CT molecular complexity index is 862. The highest BCUT2D eigenvalue weighted by molar-refractivity contribution is 6.30. The lowest BCUT2D eigenvalue weighted by Crippen LogP contribution is -2.43. The molecule has 7 nitrogen and oxygen atoms in total. The van der Waals surface area contributed by atoms with E-state index in [9.17, 15) is 14.4 Å². The Labute approximate surface area is 155 Å². The minimum Gasteiger partial charge on any atom is -0.463 e. The van der Waals surface area contributed by atoms with E-state index >= 15 is 0 Å². The molecule has 136 valence electrons. The lowest BCUT2D eigenvalue weighted by molar-refractivity contribution is -0.135. The zero-order valence-electron chi connectivity index (χ0n) is 14.3. The minimum atomic E-state index is -1.32. The zero-order chi connectivity index (χ0) is 18.9. The van der Waals surface area contributed by atoms with Crippen molar-refractivity contribution in [2.75, 3.05) is 6.54 Å². The lowest BCUT2D eigenvalue weighted by atomic mass is 9.99. The monoisotopic (exact) mass is 375 g/mol. The first-order valence-corrected chi connectivity index (χ1v) is 8.39. The van der Waals surface area contributed by atoms with Crippen molar-refractivity contribution in [3.05, 3.63) is 58.5 Å². The SMILES string of the molecule is Cc1ccc([C@]2(C)NC(=O)N(CC(=O)NCc3ccc(Cl)cc3)C2=O)o1. The summed E-state index contributed by atoms with van der Waals surface area (Å²) in [7, 11) is 0. The van der Waals surface area contributed by atoms with Gasteiger partial charge in [-0.1, -0.05) is 23.7 Å². The third-order valence-electron chi connectivity index (χ3n) is 4.21. The van der Waals surface area contributed by atoms with Crippen molar-refractivity contribution in [2.45, 2.75) is 25.9 Å². The summed E-state index contributed by atoms with van der Waals surface area (Å²) in [5.74, 6) is -0.0123. The van der Waals surface area contributed by atoms with Crippen LogP contribution in [0.25, 0.3) is 0 Å². The Kier molecular flexibility index (Phi) is 4.73. The number of aryl methyl sites for hydroxylation is 1. The number of furan rings is 1. The summed E-state index contributed by atoms with van der Waals surface area (Å²) < 4.78 is 5.48. The average Bonchev–Trinajstić information content (AvgIpc) is 3.13. The van der Waals surface area contributed by atoms with Crippen LogP contribution < -0.4 is 10.6 Å². The van der Waals surface area contributed by atoms with Gasteiger partial charge in [-0.25, -0.2) is 4.79 Å². The first kappa shape index (κ1) is 18.0. The first-order chi connectivity index (χ1) is 12.3. The fraction of sp³-hybridized carbons (Fsp3) is 0.278. The highest BCUT2D eigenvalue weighted by atomic mass is 35.5. The topological polar surface area (TPSA) is 91.7 Å². The zero-order valence-corrected chi connectivity index (χ0v) is 15.1. The molecule has 0 bridgehead atoms. The van der Waals surface area contributed by atoms with E-state index in [2.05, 4.69) is 10.6 Å². The number of rotatable bonds is 5. The first-order valence-electron chi connectivity index (χ1n) is 8.02. The maximum atomic E-state index is 12.7. The van der Waals surface area contributed by atoms with Gasteiger partial charge in [-0.2, -0.15) is 0 Å². The van der Waals surface area contributed by atoms with E-state index in [1.54, 1.807) is 50.2 Å². The summed E-state index contributed by atoms with van der Waals surface area (Å²) in [4.78, 5) is 37.9. The molecule has 3 rings (SSSR count). The minimum absolute atomic E-state index is 0.272. The number of nitrogens with zero attached hydrogens (tertiary/aromatic N) is 1. The molecule has 1 saturated heterocycles. The maximum Gasteiger partial charge on any atom is 0.325 e. The Hall–Kier alpha value is -2.80. The molecule has 0 unspecified atom stereocenters. The van der Waals surface area contributed by atoms with Gasteiger partial charge >= 0.3 is 6.03 Å². The number of amides is 4. The van der Waals surface area contributed by atoms with Gasteiger partial charge in [-0.15, -0.1) is 0 Å². The number of imide groups is 1. The molecule has 2 aromatic rings. The van der Waals surface area contributed by atoms with Gasteiger partial charge in [0, 0.05) is 11.6 Å². The summed E-state index contributed by atoms with van der Waals surface area (Å²) in [6, 6.07) is 9.72. The van der Waals surface area contributed by atoms with Crippen molar-refractivity contribution in [1.29, 1.82) is 0 Å². The van der Waals surface area contributed by atoms with Crippen molar-refractivity contribution in [2.24, 2.45) is 0 Å². The van der Waals surface area contributed by atoms with E-state index in [1.807, 2.05) is 0 Å². The summed E-state index contributed by atoms with van der Waals surface area (Å²) in [6.07, 6.45) is 0. The van der Waals surface area contributed by atoms with E-state index in [4.69, 9.17) is 16.0 Å². The molecule has 4 amide bonds. The fourth-order valence-electron chi connectivity index (χ4n) is 2.71. The molecule has 2 N–H and O–H groups in total. The highest BCUT2D eigenvalue weighted by Crippen LogP contribution is 2.29. The van der Waals surface area contributed by atoms with Crippen molar-refractivity contribution in [3.8, 4) is 0 Å². The number of hydrogen-bond donors (Lipinski definition) is 2. The summed E-state index contributed by atoms with van der Waals surface area (Å²) >= 11 is 5.81. The van der Waals surface area contributed by atoms with Gasteiger partial charge in [0.25, 0.3) is 5.91 Å². The number of halogens is 1. The number of carbonyl (C=O) groups is 3. The van der Waals surface area contributed by atoms with Crippen molar-refractivity contribution < 1.29 is 18.8 Å². The van der Waals surface area contributed by atoms with Crippen LogP contribution in [0.3, 0.4) is 0 Å². The second-order valence-electron chi connectivity index (χ2n) is 6.26. The summed E-state index contributed by atoms with van der Waals surface area (Å²) in [5.41, 5.74) is -0.460. The van der Waals surface area contributed by atoms with Crippen molar-refractivity contribution >= 4 is 29.4 Å². The Balaban J connectivity index is 1.64. The average molecular weight is 376 g/mol. The molecular weight excluding hydrogens is 358 g/mol. The molecule has 0 aliphatic carbocycles. The third kappa shape index (κ3) is 3.43. The Morgan fingerprint density at radius 2 is 1.92 bits per heavy atom. The molecule has 0 saturated carbocycles. The van der Waals surface area contributed by atoms with E-state index in [1.165, 1.54) is 0 Å². The summed E-state index contributed by atoms with van der Waals surface area (Å²) in [5, 5.41) is 5.88. The molecular formula is C18H18ClN3O4. The molecule has 1 aliphatic heterocycles. The van der Waals surface area contributed by atoms with Crippen LogP contribution in [-0.2, 0) is 21.7 Å². The molecule has 26 heavy (non-hydrogen) atoms. The highest BCUT2D eigenvalue weighted by Gasteiger charge is 2.51. The van der Waals surface area contributed by atoms with Gasteiger partial charge in [0.15, 0.2) is 5.54 Å². The molecule has 0 spiro atoms.